The molecule has 0 spiro atoms. The smallest absolute Gasteiger partial charge is 0.298 e. The molecule has 1 aliphatic rings. The Morgan fingerprint density at radius 1 is 0.892 bits per heavy atom. The number of hydrogen-bond acceptors (Lipinski definition) is 4. The molecule has 3 aromatic carbocycles. The highest BCUT2D eigenvalue weighted by Gasteiger charge is 2.36. The van der Waals surface area contributed by atoms with Crippen molar-refractivity contribution in [1.29, 1.82) is 0 Å². The van der Waals surface area contributed by atoms with Crippen LogP contribution in [0.25, 0.3) is 11.8 Å². The van der Waals surface area contributed by atoms with Crippen molar-refractivity contribution in [1.82, 2.24) is 4.57 Å². The number of amides is 2. The van der Waals surface area contributed by atoms with Crippen LogP contribution in [0.3, 0.4) is 0 Å². The Hall–Kier alpha value is -3.45. The van der Waals surface area contributed by atoms with Gasteiger partial charge in [-0.15, -0.1) is 0 Å². The van der Waals surface area contributed by atoms with Gasteiger partial charge < -0.3 is 9.30 Å². The van der Waals surface area contributed by atoms with Gasteiger partial charge in [0.15, 0.2) is 0 Å². The molecule has 186 valence electrons. The summed E-state index contributed by atoms with van der Waals surface area (Å²) in [6, 6.07) is 24.1. The maximum atomic E-state index is 13.1. The van der Waals surface area contributed by atoms with Gasteiger partial charge in [-0.3, -0.25) is 9.59 Å². The number of aromatic nitrogens is 1. The van der Waals surface area contributed by atoms with Gasteiger partial charge in [0, 0.05) is 32.7 Å². The maximum absolute atomic E-state index is 13.1. The van der Waals surface area contributed by atoms with Gasteiger partial charge in [0.25, 0.3) is 11.1 Å². The van der Waals surface area contributed by atoms with Gasteiger partial charge in [0.05, 0.1) is 10.6 Å². The normalized spacial score (nSPS) is 14.6. The highest BCUT2D eigenvalue weighted by molar-refractivity contribution is 8.19. The van der Waals surface area contributed by atoms with Crippen molar-refractivity contribution in [2.45, 2.75) is 20.5 Å². The molecular weight excluding hydrogens is 527 g/mol. The molecule has 5 nitrogen and oxygen atoms in total. The summed E-state index contributed by atoms with van der Waals surface area (Å²) in [5.74, 6) is 0.393. The molecule has 1 aromatic heterocycles. The standard InChI is InChI=1S/C29H22Cl2N2O3S/c1-18-15-21(16-27-28(34)33(29(35)37-27)24-9-7-22(30)8-10-24)19(2)32(18)23-11-13-25(14-12-23)36-17-20-5-3-4-6-26(20)31/h3-16H,17H2,1-2H3/b27-16+. The quantitative estimate of drug-likeness (QED) is 0.228. The van der Waals surface area contributed by atoms with Crippen molar-refractivity contribution >= 4 is 57.9 Å². The average Bonchev–Trinajstić information content (AvgIpc) is 3.32. The monoisotopic (exact) mass is 548 g/mol. The highest BCUT2D eigenvalue weighted by atomic mass is 35.5. The number of imide groups is 1. The van der Waals surface area contributed by atoms with Crippen LogP contribution in [0.1, 0.15) is 22.5 Å². The number of halogens is 2. The molecule has 0 bridgehead atoms. The molecule has 8 heteroatoms. The Morgan fingerprint density at radius 3 is 2.27 bits per heavy atom. The molecule has 5 rings (SSSR count). The molecular formula is C29H22Cl2N2O3S. The lowest BCUT2D eigenvalue weighted by molar-refractivity contribution is -0.113. The number of carbonyl (C=O) groups excluding carboxylic acids is 2. The molecule has 1 aliphatic heterocycles. The van der Waals surface area contributed by atoms with Crippen LogP contribution in [0.2, 0.25) is 10.0 Å². The summed E-state index contributed by atoms with van der Waals surface area (Å²) in [5, 5.41) is 0.884. The van der Waals surface area contributed by atoms with Crippen LogP contribution < -0.4 is 9.64 Å². The molecule has 2 heterocycles. The van der Waals surface area contributed by atoms with E-state index in [0.29, 0.717) is 27.2 Å². The minimum Gasteiger partial charge on any atom is -0.489 e. The van der Waals surface area contributed by atoms with E-state index >= 15 is 0 Å². The molecule has 0 saturated carbocycles. The van der Waals surface area contributed by atoms with E-state index in [4.69, 9.17) is 27.9 Å². The second-order valence-electron chi connectivity index (χ2n) is 8.53. The summed E-state index contributed by atoms with van der Waals surface area (Å²) in [4.78, 5) is 27.2. The summed E-state index contributed by atoms with van der Waals surface area (Å²) in [7, 11) is 0. The zero-order chi connectivity index (χ0) is 26.1. The fourth-order valence-electron chi connectivity index (χ4n) is 4.22. The maximum Gasteiger partial charge on any atom is 0.298 e. The van der Waals surface area contributed by atoms with Crippen LogP contribution in [-0.2, 0) is 11.4 Å². The molecule has 0 aliphatic carbocycles. The van der Waals surface area contributed by atoms with Crippen LogP contribution >= 0.6 is 35.0 Å². The summed E-state index contributed by atoms with van der Waals surface area (Å²) < 4.78 is 8.01. The second kappa shape index (κ2) is 10.5. The van der Waals surface area contributed by atoms with Crippen molar-refractivity contribution in [3.05, 3.63) is 116 Å². The minimum absolute atomic E-state index is 0.334. The van der Waals surface area contributed by atoms with Crippen molar-refractivity contribution < 1.29 is 14.3 Å². The fourth-order valence-corrected chi connectivity index (χ4v) is 5.37. The summed E-state index contributed by atoms with van der Waals surface area (Å²) in [6.45, 7) is 4.38. The van der Waals surface area contributed by atoms with Gasteiger partial charge in [0.1, 0.15) is 12.4 Å². The van der Waals surface area contributed by atoms with Gasteiger partial charge in [-0.05, 0) is 97.9 Å². The average molecular weight is 549 g/mol. The SMILES string of the molecule is Cc1cc(/C=C2/SC(=O)N(c3ccc(Cl)cc3)C2=O)c(C)n1-c1ccc(OCc2ccccc2Cl)cc1. The van der Waals surface area contributed by atoms with E-state index in [1.807, 2.05) is 68.4 Å². The Bertz CT molecular complexity index is 1530. The van der Waals surface area contributed by atoms with Crippen LogP contribution in [0.15, 0.2) is 83.8 Å². The number of carbonyl (C=O) groups is 2. The number of aryl methyl sites for hydroxylation is 1. The molecule has 2 amide bonds. The van der Waals surface area contributed by atoms with E-state index in [9.17, 15) is 9.59 Å². The second-order valence-corrected chi connectivity index (χ2v) is 10.4. The topological polar surface area (TPSA) is 51.5 Å². The molecule has 0 N–H and O–H groups in total. The molecule has 0 atom stereocenters. The van der Waals surface area contributed by atoms with Crippen LogP contribution in [0.4, 0.5) is 10.5 Å². The first-order valence-corrected chi connectivity index (χ1v) is 13.1. The number of ether oxygens (including phenoxy) is 1. The Kier molecular flexibility index (Phi) is 7.15. The Balaban J connectivity index is 1.35. The number of nitrogens with zero attached hydrogens (tertiary/aromatic N) is 2. The molecule has 37 heavy (non-hydrogen) atoms. The van der Waals surface area contributed by atoms with E-state index < -0.39 is 0 Å². The molecule has 1 fully saturated rings. The van der Waals surface area contributed by atoms with Gasteiger partial charge in [-0.2, -0.15) is 0 Å². The van der Waals surface area contributed by atoms with Crippen LogP contribution in [-0.4, -0.2) is 15.7 Å². The largest absolute Gasteiger partial charge is 0.489 e. The third-order valence-corrected chi connectivity index (χ3v) is 7.57. The number of benzene rings is 3. The highest BCUT2D eigenvalue weighted by Crippen LogP contribution is 2.37. The lowest BCUT2D eigenvalue weighted by Gasteiger charge is -2.12. The molecule has 0 unspecified atom stereocenters. The summed E-state index contributed by atoms with van der Waals surface area (Å²) in [5.41, 5.74) is 5.23. The third-order valence-electron chi connectivity index (χ3n) is 6.08. The third kappa shape index (κ3) is 5.18. The number of rotatable bonds is 6. The summed E-state index contributed by atoms with van der Waals surface area (Å²) in [6.07, 6.45) is 1.78. The first kappa shape index (κ1) is 25.2. The number of hydrogen-bond donors (Lipinski definition) is 0. The first-order chi connectivity index (χ1) is 17.8. The predicted octanol–water partition coefficient (Wildman–Crippen LogP) is 8.22. The molecule has 4 aromatic rings. The van der Waals surface area contributed by atoms with E-state index in [1.54, 1.807) is 30.3 Å². The fraction of sp³-hybridized carbons (Fsp3) is 0.103. The zero-order valence-corrected chi connectivity index (χ0v) is 22.4. The predicted molar refractivity (Wildman–Crippen MR) is 151 cm³/mol. The first-order valence-electron chi connectivity index (χ1n) is 11.5. The van der Waals surface area contributed by atoms with Gasteiger partial charge in [-0.1, -0.05) is 41.4 Å². The van der Waals surface area contributed by atoms with Crippen LogP contribution in [0.5, 0.6) is 5.75 Å². The Morgan fingerprint density at radius 2 is 1.57 bits per heavy atom. The molecule has 1 saturated heterocycles. The zero-order valence-electron chi connectivity index (χ0n) is 20.1. The van der Waals surface area contributed by atoms with Crippen LogP contribution in [0, 0.1) is 13.8 Å². The van der Waals surface area contributed by atoms with Gasteiger partial charge in [-0.25, -0.2) is 4.90 Å². The summed E-state index contributed by atoms with van der Waals surface area (Å²) >= 11 is 13.1. The van der Waals surface area contributed by atoms with Gasteiger partial charge >= 0.3 is 0 Å². The number of thioether (sulfide) groups is 1. The molecule has 0 radical (unpaired) electrons. The lowest BCUT2D eigenvalue weighted by atomic mass is 10.2. The lowest BCUT2D eigenvalue weighted by Crippen LogP contribution is -2.27. The Labute approximate surface area is 229 Å². The minimum atomic E-state index is -0.345. The van der Waals surface area contributed by atoms with E-state index in [-0.39, 0.29) is 11.1 Å². The van der Waals surface area contributed by atoms with E-state index in [2.05, 4.69) is 4.57 Å². The van der Waals surface area contributed by atoms with Crippen molar-refractivity contribution in [3.63, 3.8) is 0 Å². The van der Waals surface area contributed by atoms with Crippen molar-refractivity contribution in [2.75, 3.05) is 4.90 Å². The van der Waals surface area contributed by atoms with Crippen molar-refractivity contribution in [3.8, 4) is 11.4 Å². The van der Waals surface area contributed by atoms with E-state index in [1.165, 1.54) is 4.90 Å². The van der Waals surface area contributed by atoms with E-state index in [0.717, 1.165) is 45.7 Å². The number of anilines is 1. The van der Waals surface area contributed by atoms with Gasteiger partial charge in [0.2, 0.25) is 0 Å². The van der Waals surface area contributed by atoms with Crippen molar-refractivity contribution in [2.24, 2.45) is 0 Å².